The molecule has 0 radical (unpaired) electrons. The minimum atomic E-state index is -1.21. The summed E-state index contributed by atoms with van der Waals surface area (Å²) in [5.41, 5.74) is -0.350. The Hall–Kier alpha value is -2.71. The van der Waals surface area contributed by atoms with E-state index in [-0.39, 0.29) is 13.2 Å². The standard InChI is InChI=1S/C18H17ClN2O3/c1-18(12-20,13-24-16-9-7-15(19)8-10-16)21-17(22)23-11-14-5-3-2-4-6-14/h2-10H,11,13H2,1H3,(H,21,22). The molecule has 0 heterocycles. The zero-order valence-electron chi connectivity index (χ0n) is 13.2. The summed E-state index contributed by atoms with van der Waals surface area (Å²) in [7, 11) is 0. The molecule has 0 fully saturated rings. The van der Waals surface area contributed by atoms with Crippen LogP contribution in [0.1, 0.15) is 12.5 Å². The maximum Gasteiger partial charge on any atom is 0.408 e. The Morgan fingerprint density at radius 1 is 1.21 bits per heavy atom. The highest BCUT2D eigenvalue weighted by Gasteiger charge is 2.28. The highest BCUT2D eigenvalue weighted by Crippen LogP contribution is 2.17. The lowest BCUT2D eigenvalue weighted by molar-refractivity contribution is 0.125. The van der Waals surface area contributed by atoms with Gasteiger partial charge in [-0.15, -0.1) is 0 Å². The zero-order valence-corrected chi connectivity index (χ0v) is 13.9. The van der Waals surface area contributed by atoms with Crippen molar-refractivity contribution in [2.24, 2.45) is 0 Å². The zero-order chi connectivity index (χ0) is 17.4. The Morgan fingerprint density at radius 2 is 1.88 bits per heavy atom. The lowest BCUT2D eigenvalue weighted by atomic mass is 10.1. The second-order valence-electron chi connectivity index (χ2n) is 5.37. The van der Waals surface area contributed by atoms with Gasteiger partial charge in [0.15, 0.2) is 5.54 Å². The van der Waals surface area contributed by atoms with Crippen LogP contribution < -0.4 is 10.1 Å². The summed E-state index contributed by atoms with van der Waals surface area (Å²) in [6, 6.07) is 18.1. The third-order valence-electron chi connectivity index (χ3n) is 3.18. The highest BCUT2D eigenvalue weighted by molar-refractivity contribution is 6.30. The summed E-state index contributed by atoms with van der Waals surface area (Å²) in [6.07, 6.45) is -0.678. The molecule has 0 spiro atoms. The predicted molar refractivity (Wildman–Crippen MR) is 90.7 cm³/mol. The van der Waals surface area contributed by atoms with E-state index in [0.29, 0.717) is 10.8 Å². The van der Waals surface area contributed by atoms with Gasteiger partial charge in [-0.2, -0.15) is 5.26 Å². The van der Waals surface area contributed by atoms with Crippen LogP contribution in [-0.4, -0.2) is 18.2 Å². The molecule has 2 rings (SSSR count). The number of alkyl carbamates (subject to hydrolysis) is 1. The molecule has 24 heavy (non-hydrogen) atoms. The number of amides is 1. The van der Waals surface area contributed by atoms with Crippen LogP contribution >= 0.6 is 11.6 Å². The number of nitrogens with one attached hydrogen (secondary N) is 1. The van der Waals surface area contributed by atoms with Crippen LogP contribution in [0.3, 0.4) is 0 Å². The van der Waals surface area contributed by atoms with Crippen LogP contribution in [0.2, 0.25) is 5.02 Å². The maximum atomic E-state index is 11.9. The van der Waals surface area contributed by atoms with E-state index in [4.69, 9.17) is 21.1 Å². The molecule has 5 nitrogen and oxygen atoms in total. The van der Waals surface area contributed by atoms with Crippen LogP contribution in [0.25, 0.3) is 0 Å². The van der Waals surface area contributed by atoms with E-state index in [1.807, 2.05) is 36.4 Å². The number of hydrogen-bond acceptors (Lipinski definition) is 4. The number of nitrogens with zero attached hydrogens (tertiary/aromatic N) is 1. The van der Waals surface area contributed by atoms with Crippen molar-refractivity contribution >= 4 is 17.7 Å². The Labute approximate surface area is 145 Å². The number of carbonyl (C=O) groups is 1. The summed E-state index contributed by atoms with van der Waals surface area (Å²) in [5.74, 6) is 0.556. The van der Waals surface area contributed by atoms with Crippen molar-refractivity contribution in [3.63, 3.8) is 0 Å². The van der Waals surface area contributed by atoms with Gasteiger partial charge in [0.05, 0.1) is 6.07 Å². The second-order valence-corrected chi connectivity index (χ2v) is 5.81. The third kappa shape index (κ3) is 5.49. The van der Waals surface area contributed by atoms with Gasteiger partial charge in [0.1, 0.15) is 19.0 Å². The first-order valence-electron chi connectivity index (χ1n) is 7.29. The molecule has 0 saturated carbocycles. The molecule has 2 aromatic carbocycles. The molecule has 2 aromatic rings. The van der Waals surface area contributed by atoms with E-state index in [0.717, 1.165) is 5.56 Å². The molecule has 124 valence electrons. The molecule has 0 aliphatic heterocycles. The van der Waals surface area contributed by atoms with Crippen LogP contribution in [0.4, 0.5) is 4.79 Å². The monoisotopic (exact) mass is 344 g/mol. The SMILES string of the molecule is CC(C#N)(COc1ccc(Cl)cc1)NC(=O)OCc1ccccc1. The van der Waals surface area contributed by atoms with Gasteiger partial charge in [-0.25, -0.2) is 4.79 Å². The van der Waals surface area contributed by atoms with Gasteiger partial charge >= 0.3 is 6.09 Å². The second kappa shape index (κ2) is 8.23. The summed E-state index contributed by atoms with van der Waals surface area (Å²) >= 11 is 5.80. The van der Waals surface area contributed by atoms with E-state index in [2.05, 4.69) is 5.32 Å². The summed E-state index contributed by atoms with van der Waals surface area (Å²) in [4.78, 5) is 11.9. The first-order valence-corrected chi connectivity index (χ1v) is 7.67. The van der Waals surface area contributed by atoms with Crippen molar-refractivity contribution < 1.29 is 14.3 Å². The molecule has 0 aromatic heterocycles. The van der Waals surface area contributed by atoms with Crippen molar-refractivity contribution in [2.45, 2.75) is 19.1 Å². The summed E-state index contributed by atoms with van der Waals surface area (Å²) < 4.78 is 10.6. The van der Waals surface area contributed by atoms with Crippen molar-refractivity contribution in [1.82, 2.24) is 5.32 Å². The van der Waals surface area contributed by atoms with Gasteiger partial charge in [0.2, 0.25) is 0 Å². The van der Waals surface area contributed by atoms with Crippen molar-refractivity contribution in [3.8, 4) is 11.8 Å². The Balaban J connectivity index is 1.85. The molecule has 0 aliphatic rings. The maximum absolute atomic E-state index is 11.9. The molecule has 1 amide bonds. The van der Waals surface area contributed by atoms with E-state index in [1.54, 1.807) is 31.2 Å². The predicted octanol–water partition coefficient (Wildman–Crippen LogP) is 3.93. The van der Waals surface area contributed by atoms with Crippen LogP contribution in [0, 0.1) is 11.3 Å². The van der Waals surface area contributed by atoms with E-state index in [1.165, 1.54) is 0 Å². The van der Waals surface area contributed by atoms with Gasteiger partial charge in [0, 0.05) is 5.02 Å². The van der Waals surface area contributed by atoms with Crippen LogP contribution in [0.15, 0.2) is 54.6 Å². The minimum Gasteiger partial charge on any atom is -0.490 e. The van der Waals surface area contributed by atoms with Gasteiger partial charge in [-0.1, -0.05) is 41.9 Å². The molecule has 1 N–H and O–H groups in total. The largest absolute Gasteiger partial charge is 0.490 e. The fourth-order valence-corrected chi connectivity index (χ4v) is 1.97. The number of halogens is 1. The first-order chi connectivity index (χ1) is 11.5. The van der Waals surface area contributed by atoms with E-state index >= 15 is 0 Å². The van der Waals surface area contributed by atoms with Crippen molar-refractivity contribution in [2.75, 3.05) is 6.61 Å². The number of hydrogen-bond donors (Lipinski definition) is 1. The third-order valence-corrected chi connectivity index (χ3v) is 3.43. The molecule has 1 unspecified atom stereocenters. The fourth-order valence-electron chi connectivity index (χ4n) is 1.84. The van der Waals surface area contributed by atoms with Gasteiger partial charge < -0.3 is 9.47 Å². The Bertz CT molecular complexity index is 713. The average molecular weight is 345 g/mol. The fraction of sp³-hybridized carbons (Fsp3) is 0.222. The molecule has 1 atom stereocenters. The number of rotatable bonds is 6. The Morgan fingerprint density at radius 3 is 2.50 bits per heavy atom. The van der Waals surface area contributed by atoms with Crippen molar-refractivity contribution in [1.29, 1.82) is 5.26 Å². The Kier molecular flexibility index (Phi) is 6.05. The quantitative estimate of drug-likeness (QED) is 0.861. The molecule has 0 bridgehead atoms. The van der Waals surface area contributed by atoms with Gasteiger partial charge in [-0.3, -0.25) is 5.32 Å². The van der Waals surface area contributed by atoms with Gasteiger partial charge in [0.25, 0.3) is 0 Å². The summed E-state index contributed by atoms with van der Waals surface area (Å²) in [5, 5.41) is 12.4. The molecule has 0 aliphatic carbocycles. The first kappa shape index (κ1) is 17.6. The van der Waals surface area contributed by atoms with Crippen LogP contribution in [0.5, 0.6) is 5.75 Å². The average Bonchev–Trinajstić information content (AvgIpc) is 2.60. The normalized spacial score (nSPS) is 12.5. The minimum absolute atomic E-state index is 0.0223. The van der Waals surface area contributed by atoms with Gasteiger partial charge in [-0.05, 0) is 36.8 Å². The topological polar surface area (TPSA) is 71.3 Å². The number of nitriles is 1. The molecular weight excluding hydrogens is 328 g/mol. The van der Waals surface area contributed by atoms with E-state index < -0.39 is 11.6 Å². The lowest BCUT2D eigenvalue weighted by Crippen LogP contribution is -2.49. The molecular formula is C18H17ClN2O3. The lowest BCUT2D eigenvalue weighted by Gasteiger charge is -2.23. The smallest absolute Gasteiger partial charge is 0.408 e. The molecule has 6 heteroatoms. The van der Waals surface area contributed by atoms with Crippen molar-refractivity contribution in [3.05, 3.63) is 65.2 Å². The highest BCUT2D eigenvalue weighted by atomic mass is 35.5. The number of ether oxygens (including phenoxy) is 2. The molecule has 0 saturated heterocycles. The number of benzene rings is 2. The number of carbonyl (C=O) groups excluding carboxylic acids is 1. The summed E-state index contributed by atoms with van der Waals surface area (Å²) in [6.45, 7) is 1.67. The van der Waals surface area contributed by atoms with E-state index in [9.17, 15) is 10.1 Å². The van der Waals surface area contributed by atoms with Crippen LogP contribution in [-0.2, 0) is 11.3 Å².